The molecule has 1 N–H and O–H groups in total. The molecule has 0 saturated carbocycles. The number of benzene rings is 1. The van der Waals surface area contributed by atoms with Crippen molar-refractivity contribution in [3.05, 3.63) is 35.5 Å². The van der Waals surface area contributed by atoms with Crippen LogP contribution in [0.2, 0.25) is 0 Å². The van der Waals surface area contributed by atoms with E-state index in [4.69, 9.17) is 14.6 Å². The number of anilines is 1. The van der Waals surface area contributed by atoms with E-state index >= 15 is 0 Å². The zero-order chi connectivity index (χ0) is 20.4. The van der Waals surface area contributed by atoms with Gasteiger partial charge < -0.3 is 14.8 Å². The van der Waals surface area contributed by atoms with Gasteiger partial charge in [0.15, 0.2) is 0 Å². The van der Waals surface area contributed by atoms with Crippen molar-refractivity contribution in [2.24, 2.45) is 0 Å². The van der Waals surface area contributed by atoms with E-state index in [9.17, 15) is 4.79 Å². The third-order valence-electron chi connectivity index (χ3n) is 4.23. The highest BCUT2D eigenvalue weighted by molar-refractivity contribution is 5.92. The van der Waals surface area contributed by atoms with Gasteiger partial charge in [0.2, 0.25) is 5.91 Å². The van der Waals surface area contributed by atoms with E-state index in [1.54, 1.807) is 20.3 Å². The van der Waals surface area contributed by atoms with Crippen LogP contribution in [0.5, 0.6) is 11.5 Å². The van der Waals surface area contributed by atoms with Crippen molar-refractivity contribution in [3.8, 4) is 11.5 Å². The Hall–Kier alpha value is -2.50. The van der Waals surface area contributed by atoms with Crippen LogP contribution in [0.15, 0.2) is 24.3 Å². The van der Waals surface area contributed by atoms with Crippen LogP contribution in [0.25, 0.3) is 0 Å². The van der Waals surface area contributed by atoms with E-state index in [2.05, 4.69) is 46.9 Å². The number of aromatic nitrogens is 2. The number of methoxy groups -OCH3 is 2. The van der Waals surface area contributed by atoms with Crippen molar-refractivity contribution in [2.75, 3.05) is 19.5 Å². The van der Waals surface area contributed by atoms with E-state index in [1.165, 1.54) is 0 Å². The summed E-state index contributed by atoms with van der Waals surface area (Å²) in [5, 5.41) is 7.74. The van der Waals surface area contributed by atoms with Gasteiger partial charge in [-0.2, -0.15) is 5.10 Å². The lowest BCUT2D eigenvalue weighted by Gasteiger charge is -2.23. The number of carbonyl (C=O) groups is 1. The molecule has 1 aromatic heterocycles. The Morgan fingerprint density at radius 1 is 1.07 bits per heavy atom. The average Bonchev–Trinajstić information content (AvgIpc) is 2.99. The summed E-state index contributed by atoms with van der Waals surface area (Å²) in [5.41, 5.74) is 1.39. The molecule has 2 rings (SSSR count). The third kappa shape index (κ3) is 5.02. The first-order chi connectivity index (χ1) is 12.5. The molecule has 6 heteroatoms. The average molecular weight is 373 g/mol. The fourth-order valence-corrected chi connectivity index (χ4v) is 2.71. The van der Waals surface area contributed by atoms with Crippen LogP contribution in [-0.2, 0) is 22.2 Å². The van der Waals surface area contributed by atoms with Crippen LogP contribution in [0, 0.1) is 0 Å². The SMILES string of the molecule is COc1ccc(CC(=O)Nc2cc(C(C)(C)C)nn2C(C)(C)C)c(OC)c1. The summed E-state index contributed by atoms with van der Waals surface area (Å²) in [5.74, 6) is 1.90. The fourth-order valence-electron chi connectivity index (χ4n) is 2.71. The Morgan fingerprint density at radius 2 is 1.74 bits per heavy atom. The fraction of sp³-hybridized carbons (Fsp3) is 0.524. The van der Waals surface area contributed by atoms with Crippen molar-refractivity contribution in [1.29, 1.82) is 0 Å². The number of rotatable bonds is 5. The molecule has 0 aliphatic carbocycles. The van der Waals surface area contributed by atoms with Crippen LogP contribution in [0.1, 0.15) is 52.8 Å². The van der Waals surface area contributed by atoms with Gasteiger partial charge in [0.05, 0.1) is 31.9 Å². The summed E-state index contributed by atoms with van der Waals surface area (Å²) in [6, 6.07) is 7.40. The lowest BCUT2D eigenvalue weighted by atomic mass is 9.92. The normalized spacial score (nSPS) is 12.0. The standard InChI is InChI=1S/C21H31N3O3/c1-20(2,3)17-13-18(24(23-17)21(4,5)6)22-19(25)11-14-9-10-15(26-7)12-16(14)27-8/h9-10,12-13H,11H2,1-8H3,(H,22,25). The van der Waals surface area contributed by atoms with Gasteiger partial charge in [0.1, 0.15) is 17.3 Å². The second-order valence-electron chi connectivity index (χ2n) is 8.65. The Morgan fingerprint density at radius 3 is 2.26 bits per heavy atom. The topological polar surface area (TPSA) is 65.4 Å². The largest absolute Gasteiger partial charge is 0.497 e. The van der Waals surface area contributed by atoms with Crippen molar-refractivity contribution >= 4 is 11.7 Å². The molecule has 148 valence electrons. The summed E-state index contributed by atoms with van der Waals surface area (Å²) < 4.78 is 12.5. The zero-order valence-electron chi connectivity index (χ0n) is 17.6. The molecule has 1 amide bonds. The number of amides is 1. The number of ether oxygens (including phenoxy) is 2. The quantitative estimate of drug-likeness (QED) is 0.856. The molecule has 0 bridgehead atoms. The number of nitrogens with zero attached hydrogens (tertiary/aromatic N) is 2. The third-order valence-corrected chi connectivity index (χ3v) is 4.23. The van der Waals surface area contributed by atoms with Crippen molar-refractivity contribution in [3.63, 3.8) is 0 Å². The molecule has 0 fully saturated rings. The minimum Gasteiger partial charge on any atom is -0.497 e. The summed E-state index contributed by atoms with van der Waals surface area (Å²) >= 11 is 0. The van der Waals surface area contributed by atoms with Gasteiger partial charge in [-0.05, 0) is 26.8 Å². The van der Waals surface area contributed by atoms with Crippen LogP contribution >= 0.6 is 0 Å². The van der Waals surface area contributed by atoms with Crippen molar-refractivity contribution < 1.29 is 14.3 Å². The van der Waals surface area contributed by atoms with Crippen LogP contribution < -0.4 is 14.8 Å². The first-order valence-electron chi connectivity index (χ1n) is 9.07. The Labute approximate surface area is 161 Å². The lowest BCUT2D eigenvalue weighted by Crippen LogP contribution is -2.27. The van der Waals surface area contributed by atoms with Gasteiger partial charge in [0, 0.05) is 23.1 Å². The Kier molecular flexibility index (Phi) is 5.88. The molecule has 0 aliphatic rings. The summed E-state index contributed by atoms with van der Waals surface area (Å²) in [7, 11) is 3.18. The predicted octanol–water partition coefficient (Wildman–Crippen LogP) is 4.13. The molecule has 0 atom stereocenters. The summed E-state index contributed by atoms with van der Waals surface area (Å²) in [4.78, 5) is 12.7. The number of carbonyl (C=O) groups excluding carboxylic acids is 1. The zero-order valence-corrected chi connectivity index (χ0v) is 17.6. The van der Waals surface area contributed by atoms with Gasteiger partial charge in [-0.3, -0.25) is 4.79 Å². The van der Waals surface area contributed by atoms with Crippen LogP contribution in [0.3, 0.4) is 0 Å². The highest BCUT2D eigenvalue weighted by atomic mass is 16.5. The molecular weight excluding hydrogens is 342 g/mol. The first kappa shape index (κ1) is 20.8. The molecule has 1 heterocycles. The first-order valence-corrected chi connectivity index (χ1v) is 9.07. The van der Waals surface area contributed by atoms with Gasteiger partial charge in [-0.25, -0.2) is 4.68 Å². The second-order valence-corrected chi connectivity index (χ2v) is 8.65. The monoisotopic (exact) mass is 373 g/mol. The van der Waals surface area contributed by atoms with E-state index in [1.807, 2.05) is 22.9 Å². The molecule has 0 aliphatic heterocycles. The van der Waals surface area contributed by atoms with E-state index < -0.39 is 0 Å². The highest BCUT2D eigenvalue weighted by Crippen LogP contribution is 2.29. The van der Waals surface area contributed by atoms with E-state index in [-0.39, 0.29) is 23.3 Å². The predicted molar refractivity (Wildman–Crippen MR) is 108 cm³/mol. The summed E-state index contributed by atoms with van der Waals surface area (Å²) in [6.45, 7) is 12.5. The molecule has 0 radical (unpaired) electrons. The smallest absolute Gasteiger partial charge is 0.230 e. The van der Waals surface area contributed by atoms with Crippen LogP contribution in [0.4, 0.5) is 5.82 Å². The highest BCUT2D eigenvalue weighted by Gasteiger charge is 2.26. The maximum Gasteiger partial charge on any atom is 0.230 e. The molecule has 0 spiro atoms. The lowest BCUT2D eigenvalue weighted by molar-refractivity contribution is -0.115. The number of hydrogen-bond donors (Lipinski definition) is 1. The minimum atomic E-state index is -0.246. The van der Waals surface area contributed by atoms with E-state index in [0.717, 1.165) is 11.3 Å². The molecule has 0 unspecified atom stereocenters. The summed E-state index contributed by atoms with van der Waals surface area (Å²) in [6.07, 6.45) is 0.202. The number of hydrogen-bond acceptors (Lipinski definition) is 4. The maximum atomic E-state index is 12.7. The molecule has 27 heavy (non-hydrogen) atoms. The van der Waals surface area contributed by atoms with Gasteiger partial charge in [-0.1, -0.05) is 26.8 Å². The Bertz CT molecular complexity index is 811. The van der Waals surface area contributed by atoms with Gasteiger partial charge in [0.25, 0.3) is 0 Å². The molecule has 0 saturated heterocycles. The maximum absolute atomic E-state index is 12.7. The van der Waals surface area contributed by atoms with Gasteiger partial charge >= 0.3 is 0 Å². The van der Waals surface area contributed by atoms with Crippen LogP contribution in [-0.4, -0.2) is 29.9 Å². The molecular formula is C21H31N3O3. The number of nitrogens with one attached hydrogen (secondary N) is 1. The van der Waals surface area contributed by atoms with Crippen molar-refractivity contribution in [1.82, 2.24) is 9.78 Å². The van der Waals surface area contributed by atoms with E-state index in [0.29, 0.717) is 17.3 Å². The molecule has 2 aromatic rings. The minimum absolute atomic E-state index is 0.102. The molecule has 1 aromatic carbocycles. The Balaban J connectivity index is 2.27. The van der Waals surface area contributed by atoms with Crippen molar-refractivity contribution in [2.45, 2.75) is 58.9 Å². The van der Waals surface area contributed by atoms with Gasteiger partial charge in [-0.15, -0.1) is 0 Å². The second kappa shape index (κ2) is 7.62. The molecule has 6 nitrogen and oxygen atoms in total.